The number of rotatable bonds is 4. The number of nitrogens with zero attached hydrogens (tertiary/aromatic N) is 1. The van der Waals surface area contributed by atoms with Crippen LogP contribution in [0.3, 0.4) is 0 Å². The molecule has 0 spiro atoms. The number of aromatic nitrogens is 1. The van der Waals surface area contributed by atoms with Crippen LogP contribution in [0.1, 0.15) is 10.4 Å². The fourth-order valence-corrected chi connectivity index (χ4v) is 1.64. The Morgan fingerprint density at radius 2 is 1.83 bits per heavy atom. The molecule has 0 saturated heterocycles. The number of amides is 1. The van der Waals surface area contributed by atoms with E-state index in [0.717, 1.165) is 18.3 Å². The Morgan fingerprint density at radius 3 is 2.50 bits per heavy atom. The van der Waals surface area contributed by atoms with Gasteiger partial charge in [0.25, 0.3) is 5.91 Å². The first kappa shape index (κ1) is 17.6. The molecule has 0 bridgehead atoms. The topological polar surface area (TPSA) is 51.2 Å². The van der Waals surface area contributed by atoms with Gasteiger partial charge in [-0.1, -0.05) is 0 Å². The summed E-state index contributed by atoms with van der Waals surface area (Å²) in [4.78, 5) is 15.5. The van der Waals surface area contributed by atoms with Gasteiger partial charge in [-0.3, -0.25) is 4.79 Å². The highest BCUT2D eigenvalue weighted by Crippen LogP contribution is 2.23. The molecule has 10 heteroatoms. The SMILES string of the molecule is O=C(Nc1ccc(F)c(F)c1F)c1cccnc1OCC(F)(F)F. The Hall–Kier alpha value is -2.78. The standard InChI is InChI=1S/C14H8F6N2O2/c15-8-3-4-9(11(17)10(8)16)22-12(23)7-2-1-5-21-13(7)24-6-14(18,19)20/h1-5H,6H2,(H,22,23). The summed E-state index contributed by atoms with van der Waals surface area (Å²) in [5.41, 5.74) is -1.13. The van der Waals surface area contributed by atoms with Crippen LogP contribution < -0.4 is 10.1 Å². The Labute approximate surface area is 131 Å². The van der Waals surface area contributed by atoms with Gasteiger partial charge in [0.05, 0.1) is 5.69 Å². The third-order valence-corrected chi connectivity index (χ3v) is 2.67. The van der Waals surface area contributed by atoms with Gasteiger partial charge in [-0.05, 0) is 24.3 Å². The van der Waals surface area contributed by atoms with E-state index in [0.29, 0.717) is 6.07 Å². The van der Waals surface area contributed by atoms with Crippen LogP contribution in [0.2, 0.25) is 0 Å². The van der Waals surface area contributed by atoms with Crippen molar-refractivity contribution in [1.82, 2.24) is 4.98 Å². The van der Waals surface area contributed by atoms with Gasteiger partial charge in [0, 0.05) is 6.20 Å². The third-order valence-electron chi connectivity index (χ3n) is 2.67. The van der Waals surface area contributed by atoms with Crippen molar-refractivity contribution in [3.8, 4) is 5.88 Å². The molecule has 0 aliphatic heterocycles. The third kappa shape index (κ3) is 4.15. The number of hydrogen-bond donors (Lipinski definition) is 1. The Balaban J connectivity index is 2.23. The summed E-state index contributed by atoms with van der Waals surface area (Å²) >= 11 is 0. The average molecular weight is 350 g/mol. The summed E-state index contributed by atoms with van der Waals surface area (Å²) in [5.74, 6) is -6.65. The van der Waals surface area contributed by atoms with Gasteiger partial charge in [-0.25, -0.2) is 18.2 Å². The molecule has 0 atom stereocenters. The summed E-state index contributed by atoms with van der Waals surface area (Å²) in [6.07, 6.45) is -3.57. The van der Waals surface area contributed by atoms with Crippen molar-refractivity contribution in [1.29, 1.82) is 0 Å². The van der Waals surface area contributed by atoms with Gasteiger partial charge < -0.3 is 10.1 Å². The fourth-order valence-electron chi connectivity index (χ4n) is 1.64. The van der Waals surface area contributed by atoms with Crippen LogP contribution in [0.15, 0.2) is 30.5 Å². The van der Waals surface area contributed by atoms with Crippen molar-refractivity contribution >= 4 is 11.6 Å². The van der Waals surface area contributed by atoms with E-state index in [-0.39, 0.29) is 0 Å². The molecule has 128 valence electrons. The largest absolute Gasteiger partial charge is 0.467 e. The lowest BCUT2D eigenvalue weighted by Gasteiger charge is -2.12. The van der Waals surface area contributed by atoms with E-state index in [2.05, 4.69) is 9.72 Å². The minimum Gasteiger partial charge on any atom is -0.467 e. The van der Waals surface area contributed by atoms with E-state index >= 15 is 0 Å². The molecule has 0 saturated carbocycles. The molecule has 1 amide bonds. The van der Waals surface area contributed by atoms with E-state index in [4.69, 9.17) is 0 Å². The van der Waals surface area contributed by atoms with E-state index in [1.807, 2.05) is 5.32 Å². The molecule has 2 aromatic rings. The molecule has 1 N–H and O–H groups in total. The lowest BCUT2D eigenvalue weighted by Crippen LogP contribution is -2.22. The van der Waals surface area contributed by atoms with Crippen LogP contribution in [0.4, 0.5) is 32.0 Å². The van der Waals surface area contributed by atoms with Gasteiger partial charge in [0.1, 0.15) is 5.56 Å². The normalized spacial score (nSPS) is 11.2. The summed E-state index contributed by atoms with van der Waals surface area (Å²) in [6, 6.07) is 3.65. The number of alkyl halides is 3. The minimum absolute atomic E-state index is 0.439. The fraction of sp³-hybridized carbons (Fsp3) is 0.143. The monoisotopic (exact) mass is 350 g/mol. The van der Waals surface area contributed by atoms with Crippen molar-refractivity contribution in [2.75, 3.05) is 11.9 Å². The van der Waals surface area contributed by atoms with Gasteiger partial charge in [-0.2, -0.15) is 13.2 Å². The van der Waals surface area contributed by atoms with Gasteiger partial charge in [-0.15, -0.1) is 0 Å². The van der Waals surface area contributed by atoms with E-state index in [1.165, 1.54) is 6.07 Å². The predicted octanol–water partition coefficient (Wildman–Crippen LogP) is 3.69. The number of anilines is 1. The van der Waals surface area contributed by atoms with Gasteiger partial charge >= 0.3 is 6.18 Å². The molecule has 4 nitrogen and oxygen atoms in total. The first-order valence-corrected chi connectivity index (χ1v) is 6.28. The quantitative estimate of drug-likeness (QED) is 0.676. The van der Waals surface area contributed by atoms with Crippen LogP contribution >= 0.6 is 0 Å². The highest BCUT2D eigenvalue weighted by atomic mass is 19.4. The number of ether oxygens (including phenoxy) is 1. The molecule has 0 unspecified atom stereocenters. The molecule has 1 aromatic carbocycles. The Bertz CT molecular complexity index is 763. The van der Waals surface area contributed by atoms with E-state index in [9.17, 15) is 31.1 Å². The van der Waals surface area contributed by atoms with Crippen LogP contribution in [0.25, 0.3) is 0 Å². The summed E-state index contributed by atoms with van der Waals surface area (Å²) in [5, 5.41) is 1.91. The number of carbonyl (C=O) groups excluding carboxylic acids is 1. The first-order chi connectivity index (χ1) is 11.2. The molecule has 1 aromatic heterocycles. The molecular formula is C14H8F6N2O2. The van der Waals surface area contributed by atoms with Crippen molar-refractivity contribution in [2.45, 2.75) is 6.18 Å². The molecule has 24 heavy (non-hydrogen) atoms. The molecule has 1 heterocycles. The van der Waals surface area contributed by atoms with Crippen molar-refractivity contribution in [2.24, 2.45) is 0 Å². The summed E-state index contributed by atoms with van der Waals surface area (Å²) in [6.45, 7) is -1.69. The predicted molar refractivity (Wildman–Crippen MR) is 70.1 cm³/mol. The van der Waals surface area contributed by atoms with Crippen molar-refractivity contribution in [3.05, 3.63) is 53.5 Å². The lowest BCUT2D eigenvalue weighted by molar-refractivity contribution is -0.154. The summed E-state index contributed by atoms with van der Waals surface area (Å²) < 4.78 is 80.4. The number of pyridine rings is 1. The van der Waals surface area contributed by atoms with E-state index < -0.39 is 53.3 Å². The number of halogens is 6. The van der Waals surface area contributed by atoms with Gasteiger partial charge in [0.2, 0.25) is 5.88 Å². The average Bonchev–Trinajstić information content (AvgIpc) is 2.53. The highest BCUT2D eigenvalue weighted by Gasteiger charge is 2.29. The molecule has 0 fully saturated rings. The molecule has 2 rings (SSSR count). The smallest absolute Gasteiger partial charge is 0.422 e. The van der Waals surface area contributed by atoms with Crippen LogP contribution in [0.5, 0.6) is 5.88 Å². The second-order valence-electron chi connectivity index (χ2n) is 4.44. The van der Waals surface area contributed by atoms with Crippen LogP contribution in [-0.2, 0) is 0 Å². The number of carbonyl (C=O) groups is 1. The Kier molecular flexibility index (Phi) is 4.96. The zero-order valence-corrected chi connectivity index (χ0v) is 11.6. The lowest BCUT2D eigenvalue weighted by atomic mass is 10.2. The maximum absolute atomic E-state index is 13.5. The summed E-state index contributed by atoms with van der Waals surface area (Å²) in [7, 11) is 0. The van der Waals surface area contributed by atoms with Crippen molar-refractivity contribution in [3.63, 3.8) is 0 Å². The molecule has 0 aliphatic rings. The van der Waals surface area contributed by atoms with E-state index in [1.54, 1.807) is 0 Å². The molecule has 0 radical (unpaired) electrons. The zero-order valence-electron chi connectivity index (χ0n) is 11.6. The first-order valence-electron chi connectivity index (χ1n) is 6.28. The maximum Gasteiger partial charge on any atom is 0.422 e. The zero-order chi connectivity index (χ0) is 17.9. The Morgan fingerprint density at radius 1 is 1.12 bits per heavy atom. The van der Waals surface area contributed by atoms with Crippen LogP contribution in [-0.4, -0.2) is 23.7 Å². The van der Waals surface area contributed by atoms with Crippen molar-refractivity contribution < 1.29 is 35.9 Å². The highest BCUT2D eigenvalue weighted by molar-refractivity contribution is 6.05. The molecular weight excluding hydrogens is 342 g/mol. The second kappa shape index (κ2) is 6.77. The number of benzene rings is 1. The van der Waals surface area contributed by atoms with Gasteiger partial charge in [0.15, 0.2) is 24.1 Å². The number of hydrogen-bond acceptors (Lipinski definition) is 3. The second-order valence-corrected chi connectivity index (χ2v) is 4.44. The maximum atomic E-state index is 13.5. The number of nitrogens with one attached hydrogen (secondary N) is 1. The molecule has 0 aliphatic carbocycles. The minimum atomic E-state index is -4.66. The van der Waals surface area contributed by atoms with Crippen LogP contribution in [0, 0.1) is 17.5 Å².